The molecule has 3 N–H and O–H groups in total. The topological polar surface area (TPSA) is 78.4 Å². The molecule has 0 heterocycles. The molecule has 19 heavy (non-hydrogen) atoms. The lowest BCUT2D eigenvalue weighted by atomic mass is 10.1. The molecule has 2 unspecified atom stereocenters. The molecule has 0 bridgehead atoms. The molecule has 108 valence electrons. The van der Waals surface area contributed by atoms with Crippen LogP contribution in [0.1, 0.15) is 27.2 Å². The summed E-state index contributed by atoms with van der Waals surface area (Å²) < 4.78 is 25.9. The number of aliphatic hydroxyl groups excluding tert-OH is 1. The molecule has 1 rings (SSSR count). The molecule has 0 saturated carbocycles. The minimum Gasteiger partial charge on any atom is -0.393 e. The first-order valence-electron chi connectivity index (χ1n) is 6.39. The lowest BCUT2D eigenvalue weighted by molar-refractivity contribution is 0.179. The van der Waals surface area contributed by atoms with Crippen LogP contribution < -0.4 is 10.0 Å². The van der Waals surface area contributed by atoms with Gasteiger partial charge in [0.2, 0.25) is 10.0 Å². The highest BCUT2D eigenvalue weighted by Crippen LogP contribution is 2.15. The first kappa shape index (κ1) is 15.9. The van der Waals surface area contributed by atoms with E-state index in [0.717, 1.165) is 5.69 Å². The Balaban J connectivity index is 2.72. The highest BCUT2D eigenvalue weighted by Gasteiger charge is 2.12. The van der Waals surface area contributed by atoms with E-state index in [0.29, 0.717) is 13.0 Å². The van der Waals surface area contributed by atoms with E-state index >= 15 is 0 Å². The molecule has 0 spiro atoms. The van der Waals surface area contributed by atoms with Crippen LogP contribution >= 0.6 is 0 Å². The molecule has 1 aromatic rings. The Kier molecular flexibility index (Phi) is 5.78. The molecule has 0 radical (unpaired) electrons. The zero-order valence-corrected chi connectivity index (χ0v) is 12.4. The molecule has 0 aliphatic heterocycles. The van der Waals surface area contributed by atoms with E-state index in [1.165, 1.54) is 0 Å². The van der Waals surface area contributed by atoms with Gasteiger partial charge in [-0.3, -0.25) is 0 Å². The van der Waals surface area contributed by atoms with Gasteiger partial charge in [0, 0.05) is 18.3 Å². The number of hydrogen-bond acceptors (Lipinski definition) is 4. The van der Waals surface area contributed by atoms with Crippen LogP contribution in [0.5, 0.6) is 0 Å². The van der Waals surface area contributed by atoms with Gasteiger partial charge in [-0.25, -0.2) is 13.1 Å². The molecule has 0 aliphatic carbocycles. The van der Waals surface area contributed by atoms with Crippen LogP contribution in [0.4, 0.5) is 5.69 Å². The van der Waals surface area contributed by atoms with Crippen molar-refractivity contribution in [3.05, 3.63) is 24.3 Å². The SMILES string of the molecule is CCNS(=O)(=O)c1ccc(NC(C)CC(C)O)cc1. The zero-order chi connectivity index (χ0) is 14.5. The smallest absolute Gasteiger partial charge is 0.240 e. The normalized spacial score (nSPS) is 14.9. The lowest BCUT2D eigenvalue weighted by Gasteiger charge is -2.17. The molecule has 0 saturated heterocycles. The third kappa shape index (κ3) is 5.18. The van der Waals surface area contributed by atoms with E-state index in [1.807, 2.05) is 6.92 Å². The van der Waals surface area contributed by atoms with Crippen molar-refractivity contribution in [3.63, 3.8) is 0 Å². The number of aliphatic hydroxyl groups is 1. The third-order valence-corrected chi connectivity index (χ3v) is 4.17. The molecule has 0 aliphatic rings. The standard InChI is InChI=1S/C13H22N2O3S/c1-4-14-19(17,18)13-7-5-12(6-8-13)15-10(2)9-11(3)16/h5-8,10-11,14-16H,4,9H2,1-3H3. The molecule has 5 nitrogen and oxygen atoms in total. The van der Waals surface area contributed by atoms with Gasteiger partial charge in [-0.1, -0.05) is 6.92 Å². The first-order valence-corrected chi connectivity index (χ1v) is 7.87. The summed E-state index contributed by atoms with van der Waals surface area (Å²) in [6, 6.07) is 6.70. The Hall–Kier alpha value is -1.11. The van der Waals surface area contributed by atoms with Gasteiger partial charge in [-0.2, -0.15) is 0 Å². The third-order valence-electron chi connectivity index (χ3n) is 2.61. The predicted octanol–water partition coefficient (Wildman–Crippen LogP) is 1.56. The Morgan fingerprint density at radius 3 is 2.26 bits per heavy atom. The van der Waals surface area contributed by atoms with Gasteiger partial charge in [0.15, 0.2) is 0 Å². The van der Waals surface area contributed by atoms with Gasteiger partial charge in [-0.05, 0) is 44.5 Å². The summed E-state index contributed by atoms with van der Waals surface area (Å²) in [5.74, 6) is 0. The molecular weight excluding hydrogens is 264 g/mol. The maximum atomic E-state index is 11.7. The molecule has 2 atom stereocenters. The summed E-state index contributed by atoms with van der Waals surface area (Å²) in [7, 11) is -3.39. The maximum Gasteiger partial charge on any atom is 0.240 e. The van der Waals surface area contributed by atoms with Crippen molar-refractivity contribution >= 4 is 15.7 Å². The lowest BCUT2D eigenvalue weighted by Crippen LogP contribution is -2.23. The van der Waals surface area contributed by atoms with Gasteiger partial charge in [0.1, 0.15) is 0 Å². The predicted molar refractivity (Wildman–Crippen MR) is 76.7 cm³/mol. The summed E-state index contributed by atoms with van der Waals surface area (Å²) in [6.07, 6.45) is 0.271. The first-order chi connectivity index (χ1) is 8.85. The molecule has 0 amide bonds. The fourth-order valence-electron chi connectivity index (χ4n) is 1.86. The van der Waals surface area contributed by atoms with E-state index in [-0.39, 0.29) is 17.0 Å². The Bertz CT molecular complexity index is 483. The van der Waals surface area contributed by atoms with Crippen molar-refractivity contribution in [2.45, 2.75) is 44.2 Å². The van der Waals surface area contributed by atoms with E-state index in [2.05, 4.69) is 10.0 Å². The van der Waals surface area contributed by atoms with Crippen LogP contribution in [0.15, 0.2) is 29.2 Å². The number of nitrogens with one attached hydrogen (secondary N) is 2. The second-order valence-electron chi connectivity index (χ2n) is 4.66. The number of anilines is 1. The second-order valence-corrected chi connectivity index (χ2v) is 6.42. The van der Waals surface area contributed by atoms with E-state index < -0.39 is 10.0 Å². The second kappa shape index (κ2) is 6.88. The minimum atomic E-state index is -3.39. The number of benzene rings is 1. The summed E-state index contributed by atoms with van der Waals surface area (Å²) in [6.45, 7) is 5.82. The summed E-state index contributed by atoms with van der Waals surface area (Å²) in [5, 5.41) is 12.5. The van der Waals surface area contributed by atoms with Crippen LogP contribution in [-0.2, 0) is 10.0 Å². The minimum absolute atomic E-state index is 0.122. The highest BCUT2D eigenvalue weighted by atomic mass is 32.2. The number of rotatable bonds is 7. The fourth-order valence-corrected chi connectivity index (χ4v) is 2.90. The molecular formula is C13H22N2O3S. The van der Waals surface area contributed by atoms with Gasteiger partial charge >= 0.3 is 0 Å². The van der Waals surface area contributed by atoms with Crippen LogP contribution in [0.25, 0.3) is 0 Å². The van der Waals surface area contributed by atoms with Crippen LogP contribution in [0.2, 0.25) is 0 Å². The van der Waals surface area contributed by atoms with Crippen molar-refractivity contribution in [3.8, 4) is 0 Å². The molecule has 1 aromatic carbocycles. The quantitative estimate of drug-likeness (QED) is 0.711. The Labute approximate surface area is 115 Å². The van der Waals surface area contributed by atoms with E-state index in [9.17, 15) is 13.5 Å². The average Bonchev–Trinajstić information content (AvgIpc) is 2.28. The summed E-state index contributed by atoms with van der Waals surface area (Å²) >= 11 is 0. The van der Waals surface area contributed by atoms with Gasteiger partial charge < -0.3 is 10.4 Å². The summed E-state index contributed by atoms with van der Waals surface area (Å²) in [5.41, 5.74) is 0.837. The zero-order valence-electron chi connectivity index (χ0n) is 11.6. The fraction of sp³-hybridized carbons (Fsp3) is 0.538. The monoisotopic (exact) mass is 286 g/mol. The van der Waals surface area contributed by atoms with Crippen LogP contribution in [0.3, 0.4) is 0 Å². The van der Waals surface area contributed by atoms with Crippen molar-refractivity contribution in [1.29, 1.82) is 0 Å². The van der Waals surface area contributed by atoms with E-state index in [1.54, 1.807) is 38.1 Å². The van der Waals surface area contributed by atoms with Gasteiger partial charge in [-0.15, -0.1) is 0 Å². The average molecular weight is 286 g/mol. The van der Waals surface area contributed by atoms with Crippen LogP contribution in [0, 0.1) is 0 Å². The van der Waals surface area contributed by atoms with Crippen molar-refractivity contribution in [2.24, 2.45) is 0 Å². The summed E-state index contributed by atoms with van der Waals surface area (Å²) in [4.78, 5) is 0.253. The van der Waals surface area contributed by atoms with Crippen molar-refractivity contribution < 1.29 is 13.5 Å². The molecule has 0 fully saturated rings. The number of sulfonamides is 1. The van der Waals surface area contributed by atoms with Crippen molar-refractivity contribution in [1.82, 2.24) is 4.72 Å². The number of hydrogen-bond donors (Lipinski definition) is 3. The van der Waals surface area contributed by atoms with E-state index in [4.69, 9.17) is 0 Å². The van der Waals surface area contributed by atoms with Crippen LogP contribution in [-0.4, -0.2) is 32.2 Å². The molecule has 0 aromatic heterocycles. The van der Waals surface area contributed by atoms with Gasteiger partial charge in [0.25, 0.3) is 0 Å². The highest BCUT2D eigenvalue weighted by molar-refractivity contribution is 7.89. The van der Waals surface area contributed by atoms with Crippen molar-refractivity contribution in [2.75, 3.05) is 11.9 Å². The Morgan fingerprint density at radius 1 is 1.21 bits per heavy atom. The van der Waals surface area contributed by atoms with Gasteiger partial charge in [0.05, 0.1) is 11.0 Å². The molecule has 6 heteroatoms. The maximum absolute atomic E-state index is 11.7. The Morgan fingerprint density at radius 2 is 1.79 bits per heavy atom. The largest absolute Gasteiger partial charge is 0.393 e.